The molecule has 1 N–H and O–H groups in total. The van der Waals surface area contributed by atoms with Crippen LogP contribution in [0.1, 0.15) is 28.8 Å². The van der Waals surface area contributed by atoms with E-state index in [-0.39, 0.29) is 0 Å². The van der Waals surface area contributed by atoms with Crippen molar-refractivity contribution in [2.24, 2.45) is 0 Å². The van der Waals surface area contributed by atoms with Gasteiger partial charge in [-0.25, -0.2) is 9.97 Å². The van der Waals surface area contributed by atoms with Crippen LogP contribution in [0.15, 0.2) is 22.9 Å². The smallest absolute Gasteiger partial charge is 0.201 e. The number of hydrogen-bond acceptors (Lipinski definition) is 6. The first-order valence-electron chi connectivity index (χ1n) is 8.53. The van der Waals surface area contributed by atoms with Crippen LogP contribution in [0.2, 0.25) is 0 Å². The van der Waals surface area contributed by atoms with Crippen molar-refractivity contribution < 1.29 is 4.42 Å². The van der Waals surface area contributed by atoms with Crippen molar-refractivity contribution in [3.8, 4) is 0 Å². The molecule has 3 aromatic rings. The van der Waals surface area contributed by atoms with Crippen molar-refractivity contribution in [1.82, 2.24) is 24.9 Å². The number of hydrogen-bond donors (Lipinski definition) is 1. The van der Waals surface area contributed by atoms with Crippen LogP contribution in [0.25, 0.3) is 5.65 Å². The number of nitrogens with one attached hydrogen (secondary N) is 1. The van der Waals surface area contributed by atoms with Crippen LogP contribution in [0.3, 0.4) is 0 Å². The van der Waals surface area contributed by atoms with Gasteiger partial charge in [0.05, 0.1) is 24.0 Å². The topological polar surface area (TPSA) is 71.5 Å². The van der Waals surface area contributed by atoms with Gasteiger partial charge in [0, 0.05) is 37.7 Å². The highest BCUT2D eigenvalue weighted by molar-refractivity contribution is 5.59. The zero-order valence-corrected chi connectivity index (χ0v) is 13.7. The fourth-order valence-electron chi connectivity index (χ4n) is 3.71. The van der Waals surface area contributed by atoms with Gasteiger partial charge in [0.25, 0.3) is 0 Å². The lowest BCUT2D eigenvalue weighted by molar-refractivity contribution is 0.381. The number of aromatic nitrogens is 4. The van der Waals surface area contributed by atoms with E-state index in [1.807, 2.05) is 23.7 Å². The minimum Gasteiger partial charge on any atom is -0.446 e. The van der Waals surface area contributed by atoms with Crippen LogP contribution in [-0.4, -0.2) is 45.8 Å². The Hall–Kier alpha value is -2.41. The van der Waals surface area contributed by atoms with Gasteiger partial charge in [-0.05, 0) is 19.9 Å². The first-order valence-corrected chi connectivity index (χ1v) is 8.53. The molecule has 0 atom stereocenters. The van der Waals surface area contributed by atoms with Gasteiger partial charge in [0.15, 0.2) is 5.65 Å². The van der Waals surface area contributed by atoms with Crippen LogP contribution in [-0.2, 0) is 12.8 Å². The lowest BCUT2D eigenvalue weighted by Crippen LogP contribution is -2.47. The van der Waals surface area contributed by atoms with E-state index >= 15 is 0 Å². The molecule has 7 heteroatoms. The van der Waals surface area contributed by atoms with Crippen LogP contribution in [0, 0.1) is 6.92 Å². The van der Waals surface area contributed by atoms with Crippen molar-refractivity contribution in [3.63, 3.8) is 0 Å². The molecular weight excluding hydrogens is 304 g/mol. The molecular formula is C17H20N6O. The third kappa shape index (κ3) is 2.11. The quantitative estimate of drug-likeness (QED) is 0.766. The van der Waals surface area contributed by atoms with Crippen molar-refractivity contribution in [2.45, 2.75) is 25.7 Å². The molecule has 0 radical (unpaired) electrons. The summed E-state index contributed by atoms with van der Waals surface area (Å²) >= 11 is 0. The third-order valence-electron chi connectivity index (χ3n) is 4.95. The first kappa shape index (κ1) is 14.0. The Labute approximate surface area is 139 Å². The predicted octanol–water partition coefficient (Wildman–Crippen LogP) is 1.32. The fourth-order valence-corrected chi connectivity index (χ4v) is 3.71. The Balaban J connectivity index is 1.52. The number of aryl methyl sites for hydroxylation is 1. The molecule has 7 nitrogen and oxygen atoms in total. The first-order chi connectivity index (χ1) is 11.8. The molecule has 0 amide bonds. The maximum absolute atomic E-state index is 5.69. The molecule has 0 aliphatic carbocycles. The summed E-state index contributed by atoms with van der Waals surface area (Å²) < 4.78 is 7.68. The summed E-state index contributed by atoms with van der Waals surface area (Å²) in [6, 6.07) is 1.98. The Morgan fingerprint density at radius 1 is 1.25 bits per heavy atom. The van der Waals surface area contributed by atoms with Crippen LogP contribution < -0.4 is 10.2 Å². The second-order valence-electron chi connectivity index (χ2n) is 6.62. The summed E-state index contributed by atoms with van der Waals surface area (Å²) in [6.45, 7) is 5.75. The summed E-state index contributed by atoms with van der Waals surface area (Å²) in [5, 5.41) is 7.98. The molecule has 1 saturated heterocycles. The van der Waals surface area contributed by atoms with Gasteiger partial charge in [0.2, 0.25) is 5.89 Å². The summed E-state index contributed by atoms with van der Waals surface area (Å²) in [6.07, 6.45) is 5.60. The summed E-state index contributed by atoms with van der Waals surface area (Å²) in [5.74, 6) is 3.28. The molecule has 124 valence electrons. The Morgan fingerprint density at radius 2 is 2.12 bits per heavy atom. The lowest BCUT2D eigenvalue weighted by Gasteiger charge is -2.40. The molecule has 0 spiro atoms. The zero-order chi connectivity index (χ0) is 16.1. The van der Waals surface area contributed by atoms with Gasteiger partial charge in [-0.15, -0.1) is 0 Å². The van der Waals surface area contributed by atoms with Crippen molar-refractivity contribution in [2.75, 3.05) is 31.1 Å². The largest absolute Gasteiger partial charge is 0.446 e. The maximum atomic E-state index is 5.69. The van der Waals surface area contributed by atoms with E-state index < -0.39 is 0 Å². The van der Waals surface area contributed by atoms with E-state index in [0.717, 1.165) is 56.3 Å². The van der Waals surface area contributed by atoms with E-state index in [2.05, 4.69) is 20.3 Å². The second-order valence-corrected chi connectivity index (χ2v) is 6.62. The van der Waals surface area contributed by atoms with Gasteiger partial charge >= 0.3 is 0 Å². The molecule has 2 aliphatic rings. The molecule has 24 heavy (non-hydrogen) atoms. The van der Waals surface area contributed by atoms with E-state index in [9.17, 15) is 0 Å². The van der Waals surface area contributed by atoms with Gasteiger partial charge < -0.3 is 14.6 Å². The molecule has 5 heterocycles. The minimum absolute atomic E-state index is 0.358. The minimum atomic E-state index is 0.358. The average Bonchev–Trinajstić information content (AvgIpc) is 3.09. The van der Waals surface area contributed by atoms with E-state index in [0.29, 0.717) is 5.92 Å². The number of oxazole rings is 1. The highest BCUT2D eigenvalue weighted by atomic mass is 16.4. The molecule has 0 aromatic carbocycles. The highest BCUT2D eigenvalue weighted by Gasteiger charge is 2.35. The van der Waals surface area contributed by atoms with Crippen LogP contribution in [0.4, 0.5) is 5.82 Å². The summed E-state index contributed by atoms with van der Waals surface area (Å²) in [4.78, 5) is 11.6. The maximum Gasteiger partial charge on any atom is 0.201 e. The normalized spacial score (nSPS) is 18.5. The predicted molar refractivity (Wildman–Crippen MR) is 89.5 cm³/mol. The molecule has 3 aromatic heterocycles. The molecule has 0 bridgehead atoms. The van der Waals surface area contributed by atoms with Crippen molar-refractivity contribution in [1.29, 1.82) is 0 Å². The summed E-state index contributed by atoms with van der Waals surface area (Å²) in [7, 11) is 0. The van der Waals surface area contributed by atoms with Gasteiger partial charge in [-0.3, -0.25) is 0 Å². The Morgan fingerprint density at radius 3 is 2.96 bits per heavy atom. The number of rotatable bonds is 2. The number of anilines is 1. The highest BCUT2D eigenvalue weighted by Crippen LogP contribution is 2.35. The fraction of sp³-hybridized carbons (Fsp3) is 0.471. The van der Waals surface area contributed by atoms with Crippen molar-refractivity contribution in [3.05, 3.63) is 41.4 Å². The third-order valence-corrected chi connectivity index (χ3v) is 4.95. The second kappa shape index (κ2) is 5.31. The molecule has 5 rings (SSSR count). The van der Waals surface area contributed by atoms with Crippen LogP contribution in [0.5, 0.6) is 0 Å². The standard InChI is InChI=1S/C17H20N6O/c1-11-8-19-16(24-11)12-9-22(10-12)17-13-2-5-18-6-3-14(13)21-15-4-7-20-23(15)17/h4,7-8,12,18H,2-3,5-6,9-10H2,1H3. The molecule has 0 saturated carbocycles. The Kier molecular flexibility index (Phi) is 3.09. The molecule has 0 unspecified atom stereocenters. The number of fused-ring (bicyclic) bond motifs is 2. The average molecular weight is 324 g/mol. The van der Waals surface area contributed by atoms with Crippen LogP contribution >= 0.6 is 0 Å². The monoisotopic (exact) mass is 324 g/mol. The van der Waals surface area contributed by atoms with Gasteiger partial charge in [-0.2, -0.15) is 9.61 Å². The van der Waals surface area contributed by atoms with E-state index in [1.54, 1.807) is 6.20 Å². The number of nitrogens with zero attached hydrogens (tertiary/aromatic N) is 5. The molecule has 2 aliphatic heterocycles. The summed E-state index contributed by atoms with van der Waals surface area (Å²) in [5.41, 5.74) is 3.47. The Bertz CT molecular complexity index is 892. The zero-order valence-electron chi connectivity index (χ0n) is 13.7. The van der Waals surface area contributed by atoms with E-state index in [4.69, 9.17) is 9.40 Å². The van der Waals surface area contributed by atoms with Gasteiger partial charge in [-0.1, -0.05) is 0 Å². The molecule has 1 fully saturated rings. The van der Waals surface area contributed by atoms with Gasteiger partial charge in [0.1, 0.15) is 11.6 Å². The van der Waals surface area contributed by atoms with E-state index in [1.165, 1.54) is 17.1 Å². The lowest BCUT2D eigenvalue weighted by atomic mass is 9.98. The van der Waals surface area contributed by atoms with Crippen molar-refractivity contribution >= 4 is 11.5 Å². The SMILES string of the molecule is Cc1cnc(C2CN(c3c4c(nc5ccnn35)CCNCC4)C2)o1.